The lowest BCUT2D eigenvalue weighted by atomic mass is 10.1. The molecule has 2 aromatic carbocycles. The standard InChI is InChI=1S/C22H25F2NO2/c1-25-20-7-3-2-6-18(20)16-21(25)17-8-10-19(11-9-17)27-15-5-13-22(23,24)12-4-14-26/h2-3,6-11,16,26H,4-5,12-15H2,1H3. The molecule has 0 amide bonds. The number of rotatable bonds is 9. The Morgan fingerprint density at radius 1 is 1.00 bits per heavy atom. The van der Waals surface area contributed by atoms with Crippen LogP contribution in [0.15, 0.2) is 54.6 Å². The number of aromatic nitrogens is 1. The summed E-state index contributed by atoms with van der Waals surface area (Å²) < 4.78 is 34.8. The lowest BCUT2D eigenvalue weighted by Gasteiger charge is -2.15. The van der Waals surface area contributed by atoms with Crippen molar-refractivity contribution in [3.05, 3.63) is 54.6 Å². The van der Waals surface area contributed by atoms with Crippen molar-refractivity contribution in [1.82, 2.24) is 4.57 Å². The number of para-hydroxylation sites is 1. The van der Waals surface area contributed by atoms with E-state index in [9.17, 15) is 8.78 Å². The SMILES string of the molecule is Cn1c(-c2ccc(OCCCC(F)(F)CCCO)cc2)cc2ccccc21. The summed E-state index contributed by atoms with van der Waals surface area (Å²) in [7, 11) is 2.04. The minimum atomic E-state index is -2.73. The van der Waals surface area contributed by atoms with Crippen LogP contribution in [0.1, 0.15) is 25.7 Å². The zero-order valence-corrected chi connectivity index (χ0v) is 15.5. The molecule has 1 heterocycles. The van der Waals surface area contributed by atoms with Crippen molar-refractivity contribution in [2.75, 3.05) is 13.2 Å². The van der Waals surface area contributed by atoms with Gasteiger partial charge < -0.3 is 14.4 Å². The van der Waals surface area contributed by atoms with E-state index in [1.807, 2.05) is 43.4 Å². The summed E-state index contributed by atoms with van der Waals surface area (Å²) in [5.74, 6) is -2.05. The summed E-state index contributed by atoms with van der Waals surface area (Å²) in [5, 5.41) is 9.85. The molecule has 3 rings (SSSR count). The summed E-state index contributed by atoms with van der Waals surface area (Å²) in [6.07, 6.45) is -0.0862. The monoisotopic (exact) mass is 373 g/mol. The Balaban J connectivity index is 1.57. The second-order valence-electron chi connectivity index (χ2n) is 6.81. The summed E-state index contributed by atoms with van der Waals surface area (Å²) in [5.41, 5.74) is 3.37. The molecule has 144 valence electrons. The number of hydrogen-bond acceptors (Lipinski definition) is 2. The van der Waals surface area contributed by atoms with E-state index in [1.165, 1.54) is 10.9 Å². The number of benzene rings is 2. The molecule has 0 radical (unpaired) electrons. The van der Waals surface area contributed by atoms with Crippen LogP contribution in [0.5, 0.6) is 5.75 Å². The molecule has 0 bridgehead atoms. The van der Waals surface area contributed by atoms with Gasteiger partial charge in [-0.3, -0.25) is 0 Å². The van der Waals surface area contributed by atoms with Gasteiger partial charge in [0.2, 0.25) is 5.92 Å². The zero-order valence-electron chi connectivity index (χ0n) is 15.5. The van der Waals surface area contributed by atoms with E-state index in [2.05, 4.69) is 22.8 Å². The maximum absolute atomic E-state index is 13.5. The molecule has 5 heteroatoms. The van der Waals surface area contributed by atoms with Gasteiger partial charge in [0.25, 0.3) is 0 Å². The van der Waals surface area contributed by atoms with Crippen molar-refractivity contribution in [2.45, 2.75) is 31.6 Å². The van der Waals surface area contributed by atoms with E-state index in [4.69, 9.17) is 9.84 Å². The Morgan fingerprint density at radius 2 is 1.70 bits per heavy atom. The number of aliphatic hydroxyl groups excluding tert-OH is 1. The average molecular weight is 373 g/mol. The van der Waals surface area contributed by atoms with Crippen LogP contribution in [0, 0.1) is 0 Å². The van der Waals surface area contributed by atoms with Crippen LogP contribution in [-0.2, 0) is 7.05 Å². The topological polar surface area (TPSA) is 34.4 Å². The van der Waals surface area contributed by atoms with Gasteiger partial charge in [-0.2, -0.15) is 0 Å². The van der Waals surface area contributed by atoms with E-state index in [0.717, 1.165) is 11.3 Å². The molecule has 0 atom stereocenters. The Kier molecular flexibility index (Phi) is 6.11. The highest BCUT2D eigenvalue weighted by molar-refractivity contribution is 5.86. The van der Waals surface area contributed by atoms with Gasteiger partial charge in [-0.25, -0.2) is 8.78 Å². The normalized spacial score (nSPS) is 11.9. The van der Waals surface area contributed by atoms with Gasteiger partial charge in [-0.15, -0.1) is 0 Å². The van der Waals surface area contributed by atoms with Crippen molar-refractivity contribution in [3.63, 3.8) is 0 Å². The molecule has 1 N–H and O–H groups in total. The van der Waals surface area contributed by atoms with Crippen molar-refractivity contribution in [3.8, 4) is 17.0 Å². The Hall–Kier alpha value is -2.40. The first-order valence-electron chi connectivity index (χ1n) is 9.26. The molecule has 0 unspecified atom stereocenters. The van der Waals surface area contributed by atoms with Crippen molar-refractivity contribution in [2.24, 2.45) is 7.05 Å². The molecule has 0 spiro atoms. The van der Waals surface area contributed by atoms with Gasteiger partial charge in [0, 0.05) is 43.1 Å². The maximum atomic E-state index is 13.5. The highest BCUT2D eigenvalue weighted by Gasteiger charge is 2.27. The van der Waals surface area contributed by atoms with Crippen LogP contribution in [0.25, 0.3) is 22.2 Å². The molecule has 0 aliphatic carbocycles. The highest BCUT2D eigenvalue weighted by Crippen LogP contribution is 2.29. The Morgan fingerprint density at radius 3 is 2.41 bits per heavy atom. The number of alkyl halides is 2. The molecule has 0 fully saturated rings. The minimum absolute atomic E-state index is 0.128. The van der Waals surface area contributed by atoms with Gasteiger partial charge in [-0.05, 0) is 54.8 Å². The predicted octanol–water partition coefficient (Wildman–Crippen LogP) is 5.41. The molecule has 3 nitrogen and oxygen atoms in total. The number of fused-ring (bicyclic) bond motifs is 1. The largest absolute Gasteiger partial charge is 0.494 e. The van der Waals surface area contributed by atoms with Gasteiger partial charge in [0.1, 0.15) is 5.75 Å². The predicted molar refractivity (Wildman–Crippen MR) is 104 cm³/mol. The van der Waals surface area contributed by atoms with Gasteiger partial charge in [0.15, 0.2) is 0 Å². The number of aliphatic hydroxyl groups is 1. The van der Waals surface area contributed by atoms with Crippen LogP contribution in [0.4, 0.5) is 8.78 Å². The number of hydrogen-bond donors (Lipinski definition) is 1. The first kappa shape index (κ1) is 19.4. The fourth-order valence-corrected chi connectivity index (χ4v) is 3.27. The molecule has 27 heavy (non-hydrogen) atoms. The first-order chi connectivity index (χ1) is 13.0. The summed E-state index contributed by atoms with van der Waals surface area (Å²) in [6.45, 7) is 0.0528. The number of halogens is 2. The molecule has 0 saturated heterocycles. The van der Waals surface area contributed by atoms with Gasteiger partial charge >= 0.3 is 0 Å². The first-order valence-corrected chi connectivity index (χ1v) is 9.26. The third-order valence-corrected chi connectivity index (χ3v) is 4.76. The average Bonchev–Trinajstić information content (AvgIpc) is 3.01. The van der Waals surface area contributed by atoms with E-state index >= 15 is 0 Å². The van der Waals surface area contributed by atoms with Gasteiger partial charge in [0.05, 0.1) is 6.61 Å². The second-order valence-corrected chi connectivity index (χ2v) is 6.81. The summed E-state index contributed by atoms with van der Waals surface area (Å²) in [4.78, 5) is 0. The van der Waals surface area contributed by atoms with Crippen LogP contribution in [-0.4, -0.2) is 28.8 Å². The fourth-order valence-electron chi connectivity index (χ4n) is 3.27. The highest BCUT2D eigenvalue weighted by atomic mass is 19.3. The second kappa shape index (κ2) is 8.53. The lowest BCUT2D eigenvalue weighted by molar-refractivity contribution is -0.0254. The molecule has 0 aliphatic heterocycles. The third-order valence-electron chi connectivity index (χ3n) is 4.76. The smallest absolute Gasteiger partial charge is 0.248 e. The molecular formula is C22H25F2NO2. The lowest BCUT2D eigenvalue weighted by Crippen LogP contribution is -2.17. The van der Waals surface area contributed by atoms with Gasteiger partial charge in [-0.1, -0.05) is 18.2 Å². The summed E-state index contributed by atoms with van der Waals surface area (Å²) >= 11 is 0. The zero-order chi connectivity index (χ0) is 19.3. The van der Waals surface area contributed by atoms with E-state index in [-0.39, 0.29) is 38.9 Å². The quantitative estimate of drug-likeness (QED) is 0.509. The van der Waals surface area contributed by atoms with E-state index in [0.29, 0.717) is 5.75 Å². The molecular weight excluding hydrogens is 348 g/mol. The third kappa shape index (κ3) is 4.86. The minimum Gasteiger partial charge on any atom is -0.494 e. The van der Waals surface area contributed by atoms with Crippen LogP contribution in [0.3, 0.4) is 0 Å². The number of ether oxygens (including phenoxy) is 1. The molecule has 0 aliphatic rings. The number of nitrogens with zero attached hydrogens (tertiary/aromatic N) is 1. The van der Waals surface area contributed by atoms with E-state index < -0.39 is 5.92 Å². The van der Waals surface area contributed by atoms with Crippen molar-refractivity contribution in [1.29, 1.82) is 0 Å². The summed E-state index contributed by atoms with van der Waals surface area (Å²) in [6, 6.07) is 18.1. The van der Waals surface area contributed by atoms with Crippen molar-refractivity contribution >= 4 is 10.9 Å². The maximum Gasteiger partial charge on any atom is 0.248 e. The molecule has 1 aromatic heterocycles. The fraction of sp³-hybridized carbons (Fsp3) is 0.364. The molecule has 0 saturated carbocycles. The Labute approximate surface area is 158 Å². The van der Waals surface area contributed by atoms with Crippen LogP contribution >= 0.6 is 0 Å². The van der Waals surface area contributed by atoms with Crippen molar-refractivity contribution < 1.29 is 18.6 Å². The van der Waals surface area contributed by atoms with E-state index in [1.54, 1.807) is 0 Å². The molecule has 3 aromatic rings. The number of aryl methyl sites for hydroxylation is 1. The van der Waals surface area contributed by atoms with Crippen LogP contribution < -0.4 is 4.74 Å². The van der Waals surface area contributed by atoms with Crippen LogP contribution in [0.2, 0.25) is 0 Å². The Bertz CT molecular complexity index is 872.